The maximum atomic E-state index is 13.8. The number of alkyl halides is 3. The second kappa shape index (κ2) is 13.1. The fourth-order valence-corrected chi connectivity index (χ4v) is 5.89. The van der Waals surface area contributed by atoms with Gasteiger partial charge in [0.1, 0.15) is 0 Å². The predicted molar refractivity (Wildman–Crippen MR) is 166 cm³/mol. The van der Waals surface area contributed by atoms with E-state index in [1.807, 2.05) is 0 Å². The minimum Gasteiger partial charge on any atom is -0.335 e. The van der Waals surface area contributed by atoms with Gasteiger partial charge in [-0.2, -0.15) is 18.3 Å². The van der Waals surface area contributed by atoms with Crippen LogP contribution in [0.4, 0.5) is 23.7 Å². The average molecular weight is 685 g/mol. The van der Waals surface area contributed by atoms with Gasteiger partial charge in [-0.25, -0.2) is 9.78 Å². The summed E-state index contributed by atoms with van der Waals surface area (Å²) in [6.45, 7) is 1.82. The molecule has 0 atom stereocenters. The van der Waals surface area contributed by atoms with Crippen LogP contribution < -0.4 is 16.4 Å². The van der Waals surface area contributed by atoms with Crippen molar-refractivity contribution in [1.29, 1.82) is 0 Å². The maximum Gasteiger partial charge on any atom is 0.435 e. The molecule has 12 nitrogen and oxygen atoms in total. The van der Waals surface area contributed by atoms with E-state index in [2.05, 4.69) is 20.7 Å². The second-order valence-electron chi connectivity index (χ2n) is 11.9. The van der Waals surface area contributed by atoms with Gasteiger partial charge in [0.15, 0.2) is 11.5 Å². The van der Waals surface area contributed by atoms with Crippen molar-refractivity contribution < 1.29 is 27.6 Å². The molecule has 2 saturated carbocycles. The summed E-state index contributed by atoms with van der Waals surface area (Å²) in [6.07, 6.45) is 1.31. The molecule has 3 fully saturated rings. The van der Waals surface area contributed by atoms with Crippen molar-refractivity contribution in [2.24, 2.45) is 18.7 Å². The average Bonchev–Trinajstić information content (AvgIpc) is 3.55. The minimum atomic E-state index is -4.68. The summed E-state index contributed by atoms with van der Waals surface area (Å²) in [7, 11) is 1.45. The van der Waals surface area contributed by atoms with Gasteiger partial charge in [-0.3, -0.25) is 14.3 Å². The zero-order chi connectivity index (χ0) is 32.0. The molecule has 0 bridgehead atoms. The summed E-state index contributed by atoms with van der Waals surface area (Å²) in [6, 6.07) is 4.48. The molecule has 0 radical (unpaired) electrons. The lowest BCUT2D eigenvalue weighted by atomic mass is 9.88. The quantitative estimate of drug-likeness (QED) is 0.344. The zero-order valence-electron chi connectivity index (χ0n) is 24.9. The molecule has 2 aliphatic carbocycles. The smallest absolute Gasteiger partial charge is 0.335 e. The van der Waals surface area contributed by atoms with Gasteiger partial charge in [0.25, 0.3) is 11.8 Å². The number of anilines is 1. The van der Waals surface area contributed by atoms with Gasteiger partial charge in [-0.1, -0.05) is 11.6 Å². The van der Waals surface area contributed by atoms with Crippen molar-refractivity contribution in [2.45, 2.75) is 50.5 Å². The highest BCUT2D eigenvalue weighted by Crippen LogP contribution is 2.38. The molecule has 17 heteroatoms. The van der Waals surface area contributed by atoms with E-state index in [4.69, 9.17) is 17.3 Å². The zero-order valence-corrected chi connectivity index (χ0v) is 26.5. The number of imidazole rings is 1. The molecule has 1 saturated heterocycles. The van der Waals surface area contributed by atoms with Crippen molar-refractivity contribution in [1.82, 2.24) is 34.4 Å². The minimum absolute atomic E-state index is 0. The third kappa shape index (κ3) is 7.10. The summed E-state index contributed by atoms with van der Waals surface area (Å²) in [5.41, 5.74) is 5.19. The number of urea groups is 1. The molecule has 3 aromatic rings. The van der Waals surface area contributed by atoms with Crippen molar-refractivity contribution in [3.63, 3.8) is 0 Å². The Labute approximate surface area is 273 Å². The van der Waals surface area contributed by atoms with E-state index in [1.54, 1.807) is 9.80 Å². The number of carbonyl (C=O) groups is 3. The SMILES string of the molecule is Cl.Cn1c(-c2cn(CC3CC3)nc2C(F)(F)F)cnc1C(=O)Nc1ccc(C(=O)N2CCN(C(=O)NC3CC(N)C3)CC2)c(Cl)c1. The molecule has 46 heavy (non-hydrogen) atoms. The lowest BCUT2D eigenvalue weighted by molar-refractivity contribution is -0.141. The van der Waals surface area contributed by atoms with Crippen molar-refractivity contribution in [2.75, 3.05) is 31.5 Å². The molecule has 248 valence electrons. The van der Waals surface area contributed by atoms with Crippen LogP contribution >= 0.6 is 24.0 Å². The second-order valence-corrected chi connectivity index (χ2v) is 12.3. The topological polar surface area (TPSA) is 143 Å². The van der Waals surface area contributed by atoms with Gasteiger partial charge in [-0.05, 0) is 49.8 Å². The van der Waals surface area contributed by atoms with Gasteiger partial charge in [0.2, 0.25) is 0 Å². The standard InChI is InChI=1S/C29H33ClF3N9O3.ClH/c1-39-23(21-15-42(14-16-2-3-16)38-24(21)29(31,32)33)13-35-25(39)26(43)36-18-4-5-20(22(30)12-18)27(44)40-6-8-41(9-7-40)28(45)37-19-10-17(34)11-19;/h4-5,12-13,15-17,19H,2-3,6-11,14,34H2,1H3,(H,36,43)(H,37,45);1H. The molecule has 3 aliphatic rings. The highest BCUT2D eigenvalue weighted by molar-refractivity contribution is 6.34. The van der Waals surface area contributed by atoms with E-state index < -0.39 is 17.8 Å². The van der Waals surface area contributed by atoms with Gasteiger partial charge < -0.3 is 30.7 Å². The van der Waals surface area contributed by atoms with Crippen LogP contribution in [0.5, 0.6) is 0 Å². The van der Waals surface area contributed by atoms with Crippen LogP contribution in [0.25, 0.3) is 11.3 Å². The van der Waals surface area contributed by atoms with Crippen molar-refractivity contribution >= 4 is 47.5 Å². The molecular formula is C29H34Cl2F3N9O3. The predicted octanol–water partition coefficient (Wildman–Crippen LogP) is 4.00. The Hall–Kier alpha value is -3.82. The van der Waals surface area contributed by atoms with Crippen LogP contribution in [0.2, 0.25) is 5.02 Å². The molecule has 1 aliphatic heterocycles. The summed E-state index contributed by atoms with van der Waals surface area (Å²) in [5.74, 6) is -0.775. The number of hydrogen-bond donors (Lipinski definition) is 3. The number of piperazine rings is 1. The molecule has 3 heterocycles. The number of nitrogens with zero attached hydrogens (tertiary/aromatic N) is 6. The molecule has 2 aromatic heterocycles. The molecular weight excluding hydrogens is 650 g/mol. The number of nitrogens with one attached hydrogen (secondary N) is 2. The molecule has 4 amide bonds. The number of amides is 4. The number of nitrogens with two attached hydrogens (primary N) is 1. The number of rotatable bonds is 7. The van der Waals surface area contributed by atoms with Crippen LogP contribution in [-0.4, -0.2) is 85.2 Å². The van der Waals surface area contributed by atoms with Crippen LogP contribution in [0.15, 0.2) is 30.6 Å². The number of benzene rings is 1. The summed E-state index contributed by atoms with van der Waals surface area (Å²) in [5, 5.41) is 9.49. The van der Waals surface area contributed by atoms with Gasteiger partial charge in [0, 0.05) is 63.7 Å². The summed E-state index contributed by atoms with van der Waals surface area (Å²) < 4.78 is 44.0. The van der Waals surface area contributed by atoms with E-state index in [9.17, 15) is 27.6 Å². The Balaban J connectivity index is 0.00000417. The number of hydrogen-bond acceptors (Lipinski definition) is 6. The Morgan fingerprint density at radius 1 is 1.09 bits per heavy atom. The van der Waals surface area contributed by atoms with E-state index in [0.29, 0.717) is 38.6 Å². The first-order valence-corrected chi connectivity index (χ1v) is 15.1. The van der Waals surface area contributed by atoms with E-state index in [-0.39, 0.29) is 69.8 Å². The van der Waals surface area contributed by atoms with E-state index in [0.717, 1.165) is 25.7 Å². The number of halogens is 5. The lowest BCUT2D eigenvalue weighted by Gasteiger charge is -2.38. The highest BCUT2D eigenvalue weighted by Gasteiger charge is 2.39. The van der Waals surface area contributed by atoms with Crippen LogP contribution in [0, 0.1) is 5.92 Å². The molecule has 6 rings (SSSR count). The number of carbonyl (C=O) groups excluding carboxylic acids is 3. The third-order valence-corrected chi connectivity index (χ3v) is 8.77. The molecule has 4 N–H and O–H groups in total. The highest BCUT2D eigenvalue weighted by atomic mass is 35.5. The normalized spacial score (nSPS) is 19.7. The Morgan fingerprint density at radius 3 is 2.37 bits per heavy atom. The van der Waals surface area contributed by atoms with Crippen molar-refractivity contribution in [3.05, 3.63) is 52.7 Å². The first-order valence-electron chi connectivity index (χ1n) is 14.7. The van der Waals surface area contributed by atoms with Crippen LogP contribution in [0.3, 0.4) is 0 Å². The Morgan fingerprint density at radius 2 is 1.76 bits per heavy atom. The van der Waals surface area contributed by atoms with Gasteiger partial charge >= 0.3 is 12.2 Å². The number of aromatic nitrogens is 4. The van der Waals surface area contributed by atoms with E-state index >= 15 is 0 Å². The Bertz CT molecular complexity index is 1630. The van der Waals surface area contributed by atoms with Gasteiger partial charge in [-0.15, -0.1) is 12.4 Å². The summed E-state index contributed by atoms with van der Waals surface area (Å²) >= 11 is 6.44. The third-order valence-electron chi connectivity index (χ3n) is 8.45. The lowest BCUT2D eigenvalue weighted by Crippen LogP contribution is -2.57. The van der Waals surface area contributed by atoms with E-state index in [1.165, 1.54) is 46.9 Å². The molecule has 1 aromatic carbocycles. The van der Waals surface area contributed by atoms with Crippen LogP contribution in [0.1, 0.15) is 52.4 Å². The molecule has 0 unspecified atom stereocenters. The first kappa shape index (κ1) is 33.5. The van der Waals surface area contributed by atoms with Crippen molar-refractivity contribution in [3.8, 4) is 11.3 Å². The molecule has 0 spiro atoms. The monoisotopic (exact) mass is 683 g/mol. The first-order chi connectivity index (χ1) is 21.4. The van der Waals surface area contributed by atoms with Crippen LogP contribution in [-0.2, 0) is 19.8 Å². The fourth-order valence-electron chi connectivity index (χ4n) is 5.63. The largest absolute Gasteiger partial charge is 0.435 e. The maximum absolute atomic E-state index is 13.8. The fraction of sp³-hybridized carbons (Fsp3) is 0.483. The van der Waals surface area contributed by atoms with Gasteiger partial charge in [0.05, 0.1) is 28.0 Å². The Kier molecular flexibility index (Phi) is 9.57. The summed E-state index contributed by atoms with van der Waals surface area (Å²) in [4.78, 5) is 46.1.